The predicted molar refractivity (Wildman–Crippen MR) is 61.2 cm³/mol. The molecule has 1 fully saturated rings. The number of rotatable bonds is 3. The number of hydrogen-bond acceptors (Lipinski definition) is 4. The minimum absolute atomic E-state index is 0.0219. The van der Waals surface area contributed by atoms with Gasteiger partial charge in [0.2, 0.25) is 11.7 Å². The van der Waals surface area contributed by atoms with Crippen molar-refractivity contribution in [1.82, 2.24) is 4.90 Å². The number of nitrogens with zero attached hydrogens (tertiary/aromatic N) is 1. The molecule has 2 amide bonds. The van der Waals surface area contributed by atoms with E-state index in [-0.39, 0.29) is 6.54 Å². The fourth-order valence-corrected chi connectivity index (χ4v) is 1.90. The van der Waals surface area contributed by atoms with Crippen LogP contribution in [-0.2, 0) is 25.7 Å². The second kappa shape index (κ2) is 4.52. The second-order valence-corrected chi connectivity index (χ2v) is 4.12. The van der Waals surface area contributed by atoms with E-state index in [2.05, 4.69) is 0 Å². The normalized spacial score (nSPS) is 19.5. The van der Waals surface area contributed by atoms with Crippen molar-refractivity contribution >= 4 is 23.4 Å². The largest absolute Gasteiger partial charge is 0.299 e. The van der Waals surface area contributed by atoms with Crippen LogP contribution in [0.5, 0.6) is 0 Å². The molecule has 1 aliphatic rings. The van der Waals surface area contributed by atoms with Crippen LogP contribution >= 0.6 is 0 Å². The maximum atomic E-state index is 11.8. The van der Waals surface area contributed by atoms with Crippen LogP contribution in [0.3, 0.4) is 0 Å². The van der Waals surface area contributed by atoms with Gasteiger partial charge in [-0.1, -0.05) is 30.3 Å². The van der Waals surface area contributed by atoms with Gasteiger partial charge in [-0.3, -0.25) is 24.1 Å². The zero-order valence-electron chi connectivity index (χ0n) is 9.75. The van der Waals surface area contributed by atoms with Crippen molar-refractivity contribution in [3.8, 4) is 0 Å². The van der Waals surface area contributed by atoms with Crippen molar-refractivity contribution in [3.05, 3.63) is 35.9 Å². The third-order valence-corrected chi connectivity index (χ3v) is 2.82. The maximum Gasteiger partial charge on any atom is 0.298 e. The van der Waals surface area contributed by atoms with Crippen LogP contribution in [-0.4, -0.2) is 28.3 Å². The molecule has 5 heteroatoms. The highest BCUT2D eigenvalue weighted by molar-refractivity contribution is 6.52. The lowest BCUT2D eigenvalue weighted by Gasteiger charge is -2.13. The summed E-state index contributed by atoms with van der Waals surface area (Å²) in [5.74, 6) is -4.58. The van der Waals surface area contributed by atoms with Gasteiger partial charge in [0.15, 0.2) is 5.92 Å². The van der Waals surface area contributed by atoms with Gasteiger partial charge < -0.3 is 0 Å². The topological polar surface area (TPSA) is 71.5 Å². The van der Waals surface area contributed by atoms with Gasteiger partial charge in [0.25, 0.3) is 5.91 Å². The molecule has 1 aromatic carbocycles. The molecule has 1 saturated heterocycles. The molecule has 2 rings (SSSR count). The molecule has 1 heterocycles. The van der Waals surface area contributed by atoms with Crippen LogP contribution in [0.2, 0.25) is 0 Å². The smallest absolute Gasteiger partial charge is 0.298 e. The predicted octanol–water partition coefficient (Wildman–Crippen LogP) is 0.330. The van der Waals surface area contributed by atoms with E-state index in [0.717, 1.165) is 17.4 Å². The van der Waals surface area contributed by atoms with Gasteiger partial charge in [0.1, 0.15) is 5.78 Å². The minimum atomic E-state index is -1.44. The molecule has 0 bridgehead atoms. The number of imide groups is 1. The molecule has 0 aromatic heterocycles. The molecule has 1 aromatic rings. The molecule has 0 aliphatic carbocycles. The van der Waals surface area contributed by atoms with Crippen LogP contribution in [0.4, 0.5) is 0 Å². The van der Waals surface area contributed by atoms with E-state index >= 15 is 0 Å². The summed E-state index contributed by atoms with van der Waals surface area (Å²) in [5, 5.41) is 0. The first-order valence-corrected chi connectivity index (χ1v) is 5.46. The number of Topliss-reactive ketones (excluding diaryl/α,β-unsaturated/α-hetero) is 2. The summed E-state index contributed by atoms with van der Waals surface area (Å²) < 4.78 is 0. The SMILES string of the molecule is CC(=O)C1C(=O)C(=O)N(Cc2ccccc2)C1=O. The van der Waals surface area contributed by atoms with Crippen molar-refractivity contribution in [2.45, 2.75) is 13.5 Å². The monoisotopic (exact) mass is 245 g/mol. The van der Waals surface area contributed by atoms with E-state index in [4.69, 9.17) is 0 Å². The van der Waals surface area contributed by atoms with Crippen molar-refractivity contribution in [2.75, 3.05) is 0 Å². The highest BCUT2D eigenvalue weighted by Crippen LogP contribution is 2.19. The molecule has 1 atom stereocenters. The Morgan fingerprint density at radius 3 is 2.28 bits per heavy atom. The molecule has 0 radical (unpaired) electrons. The molecule has 18 heavy (non-hydrogen) atoms. The van der Waals surface area contributed by atoms with Crippen molar-refractivity contribution in [3.63, 3.8) is 0 Å². The minimum Gasteiger partial charge on any atom is -0.299 e. The van der Waals surface area contributed by atoms with E-state index < -0.39 is 29.3 Å². The summed E-state index contributed by atoms with van der Waals surface area (Å²) in [5.41, 5.74) is 0.733. The molecule has 0 spiro atoms. The summed E-state index contributed by atoms with van der Waals surface area (Å²) in [6.07, 6.45) is 0. The number of amides is 2. The van der Waals surface area contributed by atoms with Gasteiger partial charge in [0.05, 0.1) is 6.54 Å². The molecular weight excluding hydrogens is 234 g/mol. The van der Waals surface area contributed by atoms with Crippen LogP contribution in [0, 0.1) is 5.92 Å². The first-order chi connectivity index (χ1) is 8.52. The summed E-state index contributed by atoms with van der Waals surface area (Å²) >= 11 is 0. The van der Waals surface area contributed by atoms with Crippen molar-refractivity contribution < 1.29 is 19.2 Å². The Hall–Kier alpha value is -2.30. The van der Waals surface area contributed by atoms with E-state index in [1.54, 1.807) is 30.3 Å². The number of ketones is 2. The summed E-state index contributed by atoms with van der Waals surface area (Å²) in [6.45, 7) is 1.16. The Balaban J connectivity index is 2.25. The zero-order chi connectivity index (χ0) is 13.3. The number of hydrogen-bond donors (Lipinski definition) is 0. The summed E-state index contributed by atoms with van der Waals surface area (Å²) in [7, 11) is 0. The average molecular weight is 245 g/mol. The first kappa shape index (κ1) is 12.2. The van der Waals surface area contributed by atoms with Gasteiger partial charge in [-0.15, -0.1) is 0 Å². The lowest BCUT2D eigenvalue weighted by Crippen LogP contribution is -2.31. The van der Waals surface area contributed by atoms with E-state index in [0.29, 0.717) is 0 Å². The van der Waals surface area contributed by atoms with Crippen molar-refractivity contribution in [1.29, 1.82) is 0 Å². The Labute approximate surface area is 103 Å². The summed E-state index contributed by atoms with van der Waals surface area (Å²) in [4.78, 5) is 47.0. The fraction of sp³-hybridized carbons (Fsp3) is 0.231. The van der Waals surface area contributed by atoms with E-state index in [1.807, 2.05) is 0 Å². The van der Waals surface area contributed by atoms with E-state index in [9.17, 15) is 19.2 Å². The fourth-order valence-electron chi connectivity index (χ4n) is 1.90. The van der Waals surface area contributed by atoms with Gasteiger partial charge in [0, 0.05) is 0 Å². The van der Waals surface area contributed by atoms with Crippen LogP contribution in [0.1, 0.15) is 12.5 Å². The Morgan fingerprint density at radius 1 is 1.17 bits per heavy atom. The molecule has 0 saturated carbocycles. The highest BCUT2D eigenvalue weighted by atomic mass is 16.2. The third kappa shape index (κ3) is 1.95. The van der Waals surface area contributed by atoms with Gasteiger partial charge in [-0.05, 0) is 12.5 Å². The first-order valence-electron chi connectivity index (χ1n) is 5.46. The zero-order valence-corrected chi connectivity index (χ0v) is 9.75. The molecule has 5 nitrogen and oxygen atoms in total. The third-order valence-electron chi connectivity index (χ3n) is 2.82. The Kier molecular flexibility index (Phi) is 3.06. The number of benzene rings is 1. The Morgan fingerprint density at radius 2 is 1.78 bits per heavy atom. The van der Waals surface area contributed by atoms with Gasteiger partial charge >= 0.3 is 0 Å². The standard InChI is InChI=1S/C13H11NO4/c1-8(15)10-11(16)13(18)14(12(10)17)7-9-5-3-2-4-6-9/h2-6,10H,7H2,1H3. The van der Waals surface area contributed by atoms with Crippen molar-refractivity contribution in [2.24, 2.45) is 5.92 Å². The van der Waals surface area contributed by atoms with Gasteiger partial charge in [-0.2, -0.15) is 0 Å². The highest BCUT2D eigenvalue weighted by Gasteiger charge is 2.49. The lowest BCUT2D eigenvalue weighted by molar-refractivity contribution is -0.143. The Bertz CT molecular complexity index is 535. The van der Waals surface area contributed by atoms with Gasteiger partial charge in [-0.25, -0.2) is 0 Å². The number of carbonyl (C=O) groups excluding carboxylic acids is 4. The average Bonchev–Trinajstić information content (AvgIpc) is 2.55. The van der Waals surface area contributed by atoms with Crippen LogP contribution in [0.25, 0.3) is 0 Å². The van der Waals surface area contributed by atoms with Crippen LogP contribution < -0.4 is 0 Å². The lowest BCUT2D eigenvalue weighted by atomic mass is 10.0. The quantitative estimate of drug-likeness (QED) is 0.437. The number of carbonyl (C=O) groups is 4. The molecule has 1 aliphatic heterocycles. The molecular formula is C13H11NO4. The molecule has 92 valence electrons. The summed E-state index contributed by atoms with van der Waals surface area (Å²) in [6, 6.07) is 8.83. The maximum absolute atomic E-state index is 11.8. The molecule has 0 N–H and O–H groups in total. The van der Waals surface area contributed by atoms with Crippen LogP contribution in [0.15, 0.2) is 30.3 Å². The number of likely N-dealkylation sites (tertiary alicyclic amines) is 1. The second-order valence-electron chi connectivity index (χ2n) is 4.12. The van der Waals surface area contributed by atoms with E-state index in [1.165, 1.54) is 0 Å². The molecule has 1 unspecified atom stereocenters.